The number of halogens is 2. The van der Waals surface area contributed by atoms with Crippen LogP contribution in [-0.4, -0.2) is 73.1 Å². The Hall–Kier alpha value is -1.01. The smallest absolute Gasteiger partial charge is 0.321 e. The Morgan fingerprint density at radius 2 is 1.73 bits per heavy atom. The summed E-state index contributed by atoms with van der Waals surface area (Å²) >= 11 is 11.9. The van der Waals surface area contributed by atoms with Gasteiger partial charge in [-0.25, -0.2) is 4.79 Å². The standard InChI is InChI=1S/C19H28Cl2N4O/c1-2-23-7-5-15(6-8-23)14-24-9-11-25(12-10-24)19(26)22-16-3-4-17(20)18(21)13-16/h3-4,13,15H,2,5-12,14H2,1H3,(H,22,26). The fourth-order valence-electron chi connectivity index (χ4n) is 3.76. The number of piperazine rings is 1. The summed E-state index contributed by atoms with van der Waals surface area (Å²) in [7, 11) is 0. The Morgan fingerprint density at radius 3 is 2.35 bits per heavy atom. The van der Waals surface area contributed by atoms with Gasteiger partial charge >= 0.3 is 6.03 Å². The Kier molecular flexibility index (Phi) is 7.04. The molecule has 2 aliphatic heterocycles. The highest BCUT2D eigenvalue weighted by atomic mass is 35.5. The molecule has 0 aliphatic carbocycles. The predicted molar refractivity (Wildman–Crippen MR) is 108 cm³/mol. The molecule has 0 atom stereocenters. The van der Waals surface area contributed by atoms with Crippen LogP contribution in [0.2, 0.25) is 10.0 Å². The monoisotopic (exact) mass is 398 g/mol. The number of likely N-dealkylation sites (tertiary alicyclic amines) is 1. The number of carbonyl (C=O) groups excluding carboxylic acids is 1. The molecule has 0 aromatic heterocycles. The number of benzene rings is 1. The number of hydrogen-bond donors (Lipinski definition) is 1. The van der Waals surface area contributed by atoms with Gasteiger partial charge in [0.1, 0.15) is 0 Å². The van der Waals surface area contributed by atoms with Crippen LogP contribution in [0.15, 0.2) is 18.2 Å². The molecular formula is C19H28Cl2N4O. The van der Waals surface area contributed by atoms with E-state index in [4.69, 9.17) is 23.2 Å². The molecule has 0 bridgehead atoms. The molecule has 2 heterocycles. The van der Waals surface area contributed by atoms with E-state index in [-0.39, 0.29) is 6.03 Å². The van der Waals surface area contributed by atoms with E-state index in [1.165, 1.54) is 39.0 Å². The van der Waals surface area contributed by atoms with Crippen LogP contribution in [0.5, 0.6) is 0 Å². The molecule has 0 radical (unpaired) electrons. The summed E-state index contributed by atoms with van der Waals surface area (Å²) in [6, 6.07) is 5.08. The van der Waals surface area contributed by atoms with Crippen LogP contribution in [-0.2, 0) is 0 Å². The number of nitrogens with one attached hydrogen (secondary N) is 1. The molecule has 0 unspecified atom stereocenters. The molecule has 3 rings (SSSR count). The molecule has 0 saturated carbocycles. The van der Waals surface area contributed by atoms with Gasteiger partial charge in [0.05, 0.1) is 10.0 Å². The first-order valence-electron chi connectivity index (χ1n) is 9.51. The van der Waals surface area contributed by atoms with Crippen LogP contribution in [0.4, 0.5) is 10.5 Å². The minimum atomic E-state index is -0.0701. The molecule has 1 aromatic carbocycles. The summed E-state index contributed by atoms with van der Waals surface area (Å²) in [6.45, 7) is 10.5. The van der Waals surface area contributed by atoms with Crippen molar-refractivity contribution >= 4 is 34.9 Å². The van der Waals surface area contributed by atoms with E-state index in [2.05, 4.69) is 22.0 Å². The van der Waals surface area contributed by atoms with Crippen LogP contribution in [0.25, 0.3) is 0 Å². The molecule has 26 heavy (non-hydrogen) atoms. The second-order valence-electron chi connectivity index (χ2n) is 7.22. The van der Waals surface area contributed by atoms with Crippen LogP contribution in [0.1, 0.15) is 19.8 Å². The third kappa shape index (κ3) is 5.26. The topological polar surface area (TPSA) is 38.8 Å². The van der Waals surface area contributed by atoms with Crippen molar-refractivity contribution in [3.8, 4) is 0 Å². The SMILES string of the molecule is CCN1CCC(CN2CCN(C(=O)Nc3ccc(Cl)c(Cl)c3)CC2)CC1. The predicted octanol–water partition coefficient (Wildman–Crippen LogP) is 3.87. The van der Waals surface area contributed by atoms with E-state index in [1.807, 2.05) is 4.90 Å². The second-order valence-corrected chi connectivity index (χ2v) is 8.04. The molecule has 2 amide bonds. The van der Waals surface area contributed by atoms with Gasteiger partial charge in [-0.05, 0) is 56.6 Å². The summed E-state index contributed by atoms with van der Waals surface area (Å²) in [5.41, 5.74) is 0.675. The summed E-state index contributed by atoms with van der Waals surface area (Å²) in [6.07, 6.45) is 2.59. The van der Waals surface area contributed by atoms with Crippen molar-refractivity contribution in [2.75, 3.05) is 57.7 Å². The fourth-order valence-corrected chi connectivity index (χ4v) is 4.06. The average Bonchev–Trinajstić information content (AvgIpc) is 2.66. The maximum absolute atomic E-state index is 12.4. The van der Waals surface area contributed by atoms with E-state index < -0.39 is 0 Å². The quantitative estimate of drug-likeness (QED) is 0.836. The number of carbonyl (C=O) groups is 1. The van der Waals surface area contributed by atoms with Crippen molar-refractivity contribution in [1.29, 1.82) is 0 Å². The summed E-state index contributed by atoms with van der Waals surface area (Å²) in [4.78, 5) is 19.4. The molecule has 1 N–H and O–H groups in total. The number of anilines is 1. The molecule has 144 valence electrons. The minimum Gasteiger partial charge on any atom is -0.322 e. The number of amides is 2. The maximum atomic E-state index is 12.4. The molecule has 5 nitrogen and oxygen atoms in total. The highest BCUT2D eigenvalue weighted by Gasteiger charge is 2.25. The van der Waals surface area contributed by atoms with Gasteiger partial charge in [0.2, 0.25) is 0 Å². The van der Waals surface area contributed by atoms with Crippen LogP contribution >= 0.6 is 23.2 Å². The van der Waals surface area contributed by atoms with Crippen molar-refractivity contribution in [3.05, 3.63) is 28.2 Å². The fraction of sp³-hybridized carbons (Fsp3) is 0.632. The first kappa shape index (κ1) is 19.7. The Bertz CT molecular complexity index is 612. The average molecular weight is 399 g/mol. The van der Waals surface area contributed by atoms with Gasteiger partial charge in [0, 0.05) is 38.4 Å². The van der Waals surface area contributed by atoms with E-state index in [9.17, 15) is 4.79 Å². The lowest BCUT2D eigenvalue weighted by atomic mass is 9.96. The highest BCUT2D eigenvalue weighted by Crippen LogP contribution is 2.25. The Labute approximate surface area is 166 Å². The van der Waals surface area contributed by atoms with Crippen molar-refractivity contribution in [2.45, 2.75) is 19.8 Å². The van der Waals surface area contributed by atoms with Crippen LogP contribution in [0.3, 0.4) is 0 Å². The zero-order valence-corrected chi connectivity index (χ0v) is 16.9. The molecule has 2 fully saturated rings. The third-order valence-corrected chi connectivity index (χ3v) is 6.24. The normalized spacial score (nSPS) is 20.3. The van der Waals surface area contributed by atoms with Gasteiger partial charge in [-0.2, -0.15) is 0 Å². The van der Waals surface area contributed by atoms with E-state index in [0.29, 0.717) is 15.7 Å². The van der Waals surface area contributed by atoms with Gasteiger partial charge in [0.25, 0.3) is 0 Å². The second kappa shape index (κ2) is 9.27. The number of nitrogens with zero attached hydrogens (tertiary/aromatic N) is 3. The summed E-state index contributed by atoms with van der Waals surface area (Å²) < 4.78 is 0. The van der Waals surface area contributed by atoms with Gasteiger partial charge in [-0.1, -0.05) is 30.1 Å². The van der Waals surface area contributed by atoms with Crippen molar-refractivity contribution in [1.82, 2.24) is 14.7 Å². The van der Waals surface area contributed by atoms with Gasteiger partial charge < -0.3 is 15.1 Å². The van der Waals surface area contributed by atoms with E-state index in [0.717, 1.165) is 32.1 Å². The lowest BCUT2D eigenvalue weighted by molar-refractivity contribution is 0.109. The first-order valence-corrected chi connectivity index (χ1v) is 10.3. The molecule has 2 saturated heterocycles. The van der Waals surface area contributed by atoms with Crippen LogP contribution in [0, 0.1) is 5.92 Å². The number of piperidine rings is 1. The largest absolute Gasteiger partial charge is 0.322 e. The van der Waals surface area contributed by atoms with Crippen LogP contribution < -0.4 is 5.32 Å². The summed E-state index contributed by atoms with van der Waals surface area (Å²) in [5, 5.41) is 3.84. The van der Waals surface area contributed by atoms with Crippen molar-refractivity contribution in [3.63, 3.8) is 0 Å². The van der Waals surface area contributed by atoms with E-state index in [1.54, 1.807) is 18.2 Å². The highest BCUT2D eigenvalue weighted by molar-refractivity contribution is 6.42. The minimum absolute atomic E-state index is 0.0701. The lowest BCUT2D eigenvalue weighted by Gasteiger charge is -2.38. The zero-order chi connectivity index (χ0) is 18.5. The molecule has 2 aliphatic rings. The number of urea groups is 1. The van der Waals surface area contributed by atoms with E-state index >= 15 is 0 Å². The third-order valence-electron chi connectivity index (χ3n) is 5.50. The summed E-state index contributed by atoms with van der Waals surface area (Å²) in [5.74, 6) is 0.800. The Balaban J connectivity index is 1.41. The molecule has 7 heteroatoms. The van der Waals surface area contributed by atoms with Crippen molar-refractivity contribution in [2.24, 2.45) is 5.92 Å². The van der Waals surface area contributed by atoms with Gasteiger partial charge in [-0.15, -0.1) is 0 Å². The first-order chi connectivity index (χ1) is 12.5. The zero-order valence-electron chi connectivity index (χ0n) is 15.4. The molecule has 0 spiro atoms. The van der Waals surface area contributed by atoms with Gasteiger partial charge in [0.15, 0.2) is 0 Å². The number of rotatable bonds is 4. The maximum Gasteiger partial charge on any atom is 0.321 e. The lowest BCUT2D eigenvalue weighted by Crippen LogP contribution is -2.51. The molecular weight excluding hydrogens is 371 g/mol. The van der Waals surface area contributed by atoms with Crippen molar-refractivity contribution < 1.29 is 4.79 Å². The van der Waals surface area contributed by atoms with Gasteiger partial charge in [-0.3, -0.25) is 4.90 Å². The Morgan fingerprint density at radius 1 is 1.04 bits per heavy atom. The molecule has 1 aromatic rings. The number of hydrogen-bond acceptors (Lipinski definition) is 3.